The standard InChI is InChI=1S/C15H19F3/c1-2-5-11-8-9-13(12-6-3-4-7-12)14(10-11)15(16,17)18/h8-10,12H,2-7H2,1H3. The van der Waals surface area contributed by atoms with Crippen LogP contribution in [-0.4, -0.2) is 0 Å². The van der Waals surface area contributed by atoms with E-state index in [1.807, 2.05) is 13.0 Å². The number of benzene rings is 1. The minimum Gasteiger partial charge on any atom is -0.166 e. The second-order valence-corrected chi connectivity index (χ2v) is 5.15. The molecule has 0 radical (unpaired) electrons. The molecular formula is C15H19F3. The predicted octanol–water partition coefficient (Wildman–Crippen LogP) is 5.32. The summed E-state index contributed by atoms with van der Waals surface area (Å²) in [6.07, 6.45) is 1.28. The largest absolute Gasteiger partial charge is 0.416 e. The Morgan fingerprint density at radius 1 is 1.17 bits per heavy atom. The topological polar surface area (TPSA) is 0 Å². The summed E-state index contributed by atoms with van der Waals surface area (Å²) in [7, 11) is 0. The van der Waals surface area contributed by atoms with Crippen molar-refractivity contribution in [1.82, 2.24) is 0 Å². The zero-order valence-electron chi connectivity index (χ0n) is 10.7. The maximum Gasteiger partial charge on any atom is 0.416 e. The number of alkyl halides is 3. The summed E-state index contributed by atoms with van der Waals surface area (Å²) in [4.78, 5) is 0. The van der Waals surface area contributed by atoms with Crippen LogP contribution >= 0.6 is 0 Å². The summed E-state index contributed by atoms with van der Waals surface area (Å²) in [5, 5.41) is 0. The fraction of sp³-hybridized carbons (Fsp3) is 0.600. The number of rotatable bonds is 3. The van der Waals surface area contributed by atoms with Gasteiger partial charge in [-0.25, -0.2) is 0 Å². The van der Waals surface area contributed by atoms with Crippen molar-refractivity contribution in [2.45, 2.75) is 57.5 Å². The molecule has 3 heteroatoms. The number of aryl methyl sites for hydroxylation is 1. The zero-order chi connectivity index (χ0) is 13.2. The molecule has 1 aliphatic rings. The molecule has 18 heavy (non-hydrogen) atoms. The quantitative estimate of drug-likeness (QED) is 0.687. The normalized spacial score (nSPS) is 17.3. The molecule has 100 valence electrons. The maximum absolute atomic E-state index is 13.1. The van der Waals surface area contributed by atoms with E-state index in [0.717, 1.165) is 37.7 Å². The van der Waals surface area contributed by atoms with Gasteiger partial charge < -0.3 is 0 Å². The van der Waals surface area contributed by atoms with E-state index < -0.39 is 11.7 Å². The second kappa shape index (κ2) is 5.33. The van der Waals surface area contributed by atoms with Gasteiger partial charge in [0.1, 0.15) is 0 Å². The molecule has 0 heterocycles. The third kappa shape index (κ3) is 2.88. The molecule has 1 fully saturated rings. The Hall–Kier alpha value is -0.990. The van der Waals surface area contributed by atoms with Crippen molar-refractivity contribution in [3.63, 3.8) is 0 Å². The molecule has 1 saturated carbocycles. The summed E-state index contributed by atoms with van der Waals surface area (Å²) in [5.74, 6) is 0.109. The highest BCUT2D eigenvalue weighted by molar-refractivity contribution is 5.37. The van der Waals surface area contributed by atoms with Gasteiger partial charge in [0.05, 0.1) is 5.56 Å². The van der Waals surface area contributed by atoms with Crippen molar-refractivity contribution in [2.75, 3.05) is 0 Å². The lowest BCUT2D eigenvalue weighted by Gasteiger charge is -2.18. The van der Waals surface area contributed by atoms with Crippen LogP contribution in [0.5, 0.6) is 0 Å². The van der Waals surface area contributed by atoms with Crippen LogP contribution < -0.4 is 0 Å². The zero-order valence-corrected chi connectivity index (χ0v) is 10.7. The lowest BCUT2D eigenvalue weighted by atomic mass is 9.90. The van der Waals surface area contributed by atoms with Crippen molar-refractivity contribution in [2.24, 2.45) is 0 Å². The summed E-state index contributed by atoms with van der Waals surface area (Å²) in [5.41, 5.74) is 0.909. The van der Waals surface area contributed by atoms with E-state index in [-0.39, 0.29) is 5.92 Å². The van der Waals surface area contributed by atoms with Crippen molar-refractivity contribution in [3.8, 4) is 0 Å². The van der Waals surface area contributed by atoms with E-state index in [1.54, 1.807) is 6.07 Å². The van der Waals surface area contributed by atoms with Crippen LogP contribution in [0, 0.1) is 0 Å². The molecule has 0 nitrogen and oxygen atoms in total. The van der Waals surface area contributed by atoms with Gasteiger partial charge in [-0.05, 0) is 42.4 Å². The molecule has 0 spiro atoms. The minimum atomic E-state index is -4.22. The maximum atomic E-state index is 13.1. The molecule has 0 unspecified atom stereocenters. The summed E-state index contributed by atoms with van der Waals surface area (Å²) < 4.78 is 39.4. The lowest BCUT2D eigenvalue weighted by molar-refractivity contribution is -0.138. The SMILES string of the molecule is CCCc1ccc(C2CCCC2)c(C(F)(F)F)c1. The fourth-order valence-electron chi connectivity index (χ4n) is 2.89. The third-order valence-electron chi connectivity index (χ3n) is 3.76. The Bertz CT molecular complexity index is 401. The van der Waals surface area contributed by atoms with Crippen LogP contribution in [0.2, 0.25) is 0 Å². The van der Waals surface area contributed by atoms with E-state index in [1.165, 1.54) is 6.07 Å². The van der Waals surface area contributed by atoms with Gasteiger partial charge in [-0.15, -0.1) is 0 Å². The van der Waals surface area contributed by atoms with Gasteiger partial charge in [0, 0.05) is 0 Å². The van der Waals surface area contributed by atoms with Crippen molar-refractivity contribution in [1.29, 1.82) is 0 Å². The molecule has 0 bridgehead atoms. The molecule has 0 N–H and O–H groups in total. The van der Waals surface area contributed by atoms with Crippen LogP contribution in [-0.2, 0) is 12.6 Å². The van der Waals surface area contributed by atoms with Crippen LogP contribution in [0.3, 0.4) is 0 Å². The summed E-state index contributed by atoms with van der Waals surface area (Å²) >= 11 is 0. The van der Waals surface area contributed by atoms with E-state index in [4.69, 9.17) is 0 Å². The molecular weight excluding hydrogens is 237 g/mol. The van der Waals surface area contributed by atoms with Gasteiger partial charge in [-0.1, -0.05) is 38.3 Å². The average molecular weight is 256 g/mol. The highest BCUT2D eigenvalue weighted by Gasteiger charge is 2.35. The number of hydrogen-bond donors (Lipinski definition) is 0. The summed E-state index contributed by atoms with van der Waals surface area (Å²) in [6, 6.07) is 4.94. The minimum absolute atomic E-state index is 0.109. The molecule has 0 aromatic heterocycles. The van der Waals surface area contributed by atoms with Crippen LogP contribution in [0.15, 0.2) is 18.2 Å². The van der Waals surface area contributed by atoms with Gasteiger partial charge in [-0.2, -0.15) is 13.2 Å². The van der Waals surface area contributed by atoms with E-state index in [9.17, 15) is 13.2 Å². The Morgan fingerprint density at radius 3 is 2.39 bits per heavy atom. The molecule has 1 aliphatic carbocycles. The van der Waals surface area contributed by atoms with Gasteiger partial charge in [0.15, 0.2) is 0 Å². The molecule has 0 amide bonds. The van der Waals surface area contributed by atoms with Crippen molar-refractivity contribution in [3.05, 3.63) is 34.9 Å². The molecule has 0 atom stereocenters. The molecule has 1 aromatic rings. The van der Waals surface area contributed by atoms with Gasteiger partial charge in [0.2, 0.25) is 0 Å². The first kappa shape index (κ1) is 13.4. The highest BCUT2D eigenvalue weighted by Crippen LogP contribution is 2.41. The molecule has 0 saturated heterocycles. The first-order valence-electron chi connectivity index (χ1n) is 6.72. The lowest BCUT2D eigenvalue weighted by Crippen LogP contribution is -2.12. The smallest absolute Gasteiger partial charge is 0.166 e. The van der Waals surface area contributed by atoms with Crippen LogP contribution in [0.25, 0.3) is 0 Å². The van der Waals surface area contributed by atoms with Gasteiger partial charge >= 0.3 is 6.18 Å². The fourth-order valence-corrected chi connectivity index (χ4v) is 2.89. The first-order valence-corrected chi connectivity index (χ1v) is 6.72. The second-order valence-electron chi connectivity index (χ2n) is 5.15. The number of hydrogen-bond acceptors (Lipinski definition) is 0. The van der Waals surface area contributed by atoms with Crippen molar-refractivity contribution >= 4 is 0 Å². The Labute approximate surface area is 106 Å². The third-order valence-corrected chi connectivity index (χ3v) is 3.76. The van der Waals surface area contributed by atoms with E-state index >= 15 is 0 Å². The van der Waals surface area contributed by atoms with Crippen LogP contribution in [0.1, 0.15) is 61.6 Å². The van der Waals surface area contributed by atoms with Gasteiger partial charge in [-0.3, -0.25) is 0 Å². The van der Waals surface area contributed by atoms with Crippen molar-refractivity contribution < 1.29 is 13.2 Å². The molecule has 1 aromatic carbocycles. The molecule has 0 aliphatic heterocycles. The monoisotopic (exact) mass is 256 g/mol. The van der Waals surface area contributed by atoms with E-state index in [2.05, 4.69) is 0 Å². The van der Waals surface area contributed by atoms with E-state index in [0.29, 0.717) is 12.0 Å². The van der Waals surface area contributed by atoms with Gasteiger partial charge in [0.25, 0.3) is 0 Å². The average Bonchev–Trinajstić information content (AvgIpc) is 2.81. The molecule has 2 rings (SSSR count). The highest BCUT2D eigenvalue weighted by atomic mass is 19.4. The summed E-state index contributed by atoms with van der Waals surface area (Å²) in [6.45, 7) is 1.98. The Kier molecular flexibility index (Phi) is 3.98. The predicted molar refractivity (Wildman–Crippen MR) is 66.6 cm³/mol. The van der Waals surface area contributed by atoms with Crippen LogP contribution in [0.4, 0.5) is 13.2 Å². The Morgan fingerprint density at radius 2 is 1.83 bits per heavy atom. The Balaban J connectivity index is 2.38. The number of halogens is 3. The first-order chi connectivity index (χ1) is 8.52.